The molecule has 2 fully saturated rings. The van der Waals surface area contributed by atoms with Gasteiger partial charge in [0.05, 0.1) is 11.4 Å². The molecule has 1 aromatic heterocycles. The van der Waals surface area contributed by atoms with Crippen molar-refractivity contribution in [3.8, 4) is 0 Å². The van der Waals surface area contributed by atoms with Crippen LogP contribution in [0.3, 0.4) is 0 Å². The average Bonchev–Trinajstić information content (AvgIpc) is 3.20. The molecular weight excluding hydrogens is 312 g/mol. The van der Waals surface area contributed by atoms with Gasteiger partial charge in [-0.1, -0.05) is 20.8 Å². The van der Waals surface area contributed by atoms with E-state index in [1.54, 1.807) is 4.31 Å². The summed E-state index contributed by atoms with van der Waals surface area (Å²) in [4.78, 5) is 2.25. The summed E-state index contributed by atoms with van der Waals surface area (Å²) in [6, 6.07) is 0. The third-order valence-corrected chi connectivity index (χ3v) is 7.25. The van der Waals surface area contributed by atoms with Gasteiger partial charge in [-0.2, -0.15) is 5.10 Å². The lowest BCUT2D eigenvalue weighted by molar-refractivity contribution is 0.327. The second-order valence-corrected chi connectivity index (χ2v) is 10.0. The van der Waals surface area contributed by atoms with E-state index >= 15 is 0 Å². The van der Waals surface area contributed by atoms with Gasteiger partial charge >= 0.3 is 0 Å². The van der Waals surface area contributed by atoms with Gasteiger partial charge in [0.25, 0.3) is 0 Å². The van der Waals surface area contributed by atoms with Crippen molar-refractivity contribution in [2.24, 2.45) is 0 Å². The van der Waals surface area contributed by atoms with E-state index in [9.17, 15) is 8.42 Å². The minimum Gasteiger partial charge on any atom is -0.298 e. The van der Waals surface area contributed by atoms with Gasteiger partial charge < -0.3 is 0 Å². The van der Waals surface area contributed by atoms with Crippen LogP contribution in [0.4, 0.5) is 0 Å². The largest absolute Gasteiger partial charge is 0.298 e. The first kappa shape index (κ1) is 16.9. The summed E-state index contributed by atoms with van der Waals surface area (Å²) in [5.74, 6) is 0. The maximum absolute atomic E-state index is 12.7. The molecule has 1 N–H and O–H groups in total. The first-order valence-corrected chi connectivity index (χ1v) is 10.0. The Hall–Kier alpha value is -0.920. The summed E-state index contributed by atoms with van der Waals surface area (Å²) >= 11 is 0. The molecule has 6 nitrogen and oxygen atoms in total. The Kier molecular flexibility index (Phi) is 4.55. The van der Waals surface area contributed by atoms with Crippen molar-refractivity contribution in [2.75, 3.05) is 26.2 Å². The maximum atomic E-state index is 12.7. The Bertz CT molecular complexity index is 641. The standard InChI is InChI=1S/C16H28N4O2S/c1-16(2,3)15-13(10-17-18-15)11-19-9-6-14(12-19)23(21,22)20-7-4-5-8-20/h10,14H,4-9,11-12H2,1-3H3,(H,17,18). The van der Waals surface area contributed by atoms with Crippen LogP contribution in [0.2, 0.25) is 0 Å². The van der Waals surface area contributed by atoms with Crippen LogP contribution in [-0.2, 0) is 22.0 Å². The molecule has 2 aliphatic rings. The van der Waals surface area contributed by atoms with E-state index < -0.39 is 10.0 Å². The summed E-state index contributed by atoms with van der Waals surface area (Å²) in [6.07, 6.45) is 4.61. The van der Waals surface area contributed by atoms with Crippen LogP contribution in [0.25, 0.3) is 0 Å². The van der Waals surface area contributed by atoms with Crippen molar-refractivity contribution in [1.82, 2.24) is 19.4 Å². The number of rotatable bonds is 4. The van der Waals surface area contributed by atoms with Crippen LogP contribution in [0, 0.1) is 0 Å². The third-order valence-electron chi connectivity index (χ3n) is 4.94. The summed E-state index contributed by atoms with van der Waals surface area (Å²) in [5, 5.41) is 7.04. The number of nitrogens with one attached hydrogen (secondary N) is 1. The Morgan fingerprint density at radius 1 is 1.26 bits per heavy atom. The number of likely N-dealkylation sites (tertiary alicyclic amines) is 1. The molecule has 1 unspecified atom stereocenters. The predicted octanol–water partition coefficient (Wildman–Crippen LogP) is 1.71. The minimum atomic E-state index is -3.12. The number of aromatic nitrogens is 2. The zero-order valence-electron chi connectivity index (χ0n) is 14.4. The van der Waals surface area contributed by atoms with Gasteiger partial charge in [0, 0.05) is 42.9 Å². The van der Waals surface area contributed by atoms with Crippen LogP contribution < -0.4 is 0 Å². The van der Waals surface area contributed by atoms with Gasteiger partial charge in [-0.3, -0.25) is 10.00 Å². The first-order chi connectivity index (χ1) is 10.8. The maximum Gasteiger partial charge on any atom is 0.218 e. The van der Waals surface area contributed by atoms with Crippen LogP contribution in [0.15, 0.2) is 6.20 Å². The fourth-order valence-electron chi connectivity index (χ4n) is 3.66. The van der Waals surface area contributed by atoms with E-state index in [1.807, 2.05) is 6.20 Å². The molecule has 1 atom stereocenters. The van der Waals surface area contributed by atoms with Gasteiger partial charge in [-0.25, -0.2) is 12.7 Å². The van der Waals surface area contributed by atoms with Gasteiger partial charge in [0.1, 0.15) is 0 Å². The Morgan fingerprint density at radius 3 is 2.61 bits per heavy atom. The summed E-state index contributed by atoms with van der Waals surface area (Å²) in [7, 11) is -3.12. The molecule has 0 amide bonds. The molecule has 3 rings (SSSR count). The molecule has 130 valence electrons. The summed E-state index contributed by atoms with van der Waals surface area (Å²) in [5.41, 5.74) is 2.34. The van der Waals surface area contributed by atoms with Crippen molar-refractivity contribution in [1.29, 1.82) is 0 Å². The normalized spacial score (nSPS) is 24.6. The highest BCUT2D eigenvalue weighted by molar-refractivity contribution is 7.89. The molecular formula is C16H28N4O2S. The highest BCUT2D eigenvalue weighted by Gasteiger charge is 2.38. The molecule has 0 radical (unpaired) electrons. The van der Waals surface area contributed by atoms with E-state index in [2.05, 4.69) is 35.9 Å². The molecule has 1 aromatic rings. The molecule has 23 heavy (non-hydrogen) atoms. The zero-order chi connectivity index (χ0) is 16.7. The SMILES string of the molecule is CC(C)(C)c1[nH]ncc1CN1CCC(S(=O)(=O)N2CCCC2)C1. The van der Waals surface area contributed by atoms with Crippen molar-refractivity contribution < 1.29 is 8.42 Å². The highest BCUT2D eigenvalue weighted by atomic mass is 32.2. The highest BCUT2D eigenvalue weighted by Crippen LogP contribution is 2.28. The molecule has 0 aromatic carbocycles. The van der Waals surface area contributed by atoms with E-state index in [1.165, 1.54) is 5.56 Å². The summed E-state index contributed by atoms with van der Waals surface area (Å²) in [6.45, 7) is 10.1. The molecule has 2 aliphatic heterocycles. The van der Waals surface area contributed by atoms with Crippen LogP contribution in [0.5, 0.6) is 0 Å². The van der Waals surface area contributed by atoms with Crippen molar-refractivity contribution >= 4 is 10.0 Å². The van der Waals surface area contributed by atoms with Gasteiger partial charge in [-0.15, -0.1) is 0 Å². The zero-order valence-corrected chi connectivity index (χ0v) is 15.2. The van der Waals surface area contributed by atoms with E-state index in [-0.39, 0.29) is 10.7 Å². The quantitative estimate of drug-likeness (QED) is 0.906. The number of hydrogen-bond acceptors (Lipinski definition) is 4. The number of nitrogens with zero attached hydrogens (tertiary/aromatic N) is 3. The van der Waals surface area contributed by atoms with Gasteiger partial charge in [0.15, 0.2) is 0 Å². The van der Waals surface area contributed by atoms with Crippen LogP contribution in [-0.4, -0.2) is 59.2 Å². The molecule has 0 spiro atoms. The second-order valence-electron chi connectivity index (χ2n) is 7.82. The Morgan fingerprint density at radius 2 is 1.96 bits per heavy atom. The fraction of sp³-hybridized carbons (Fsp3) is 0.812. The van der Waals surface area contributed by atoms with Gasteiger partial charge in [0.2, 0.25) is 10.0 Å². The molecule has 0 aliphatic carbocycles. The van der Waals surface area contributed by atoms with Crippen molar-refractivity contribution in [3.63, 3.8) is 0 Å². The minimum absolute atomic E-state index is 0.0204. The van der Waals surface area contributed by atoms with E-state index in [0.717, 1.165) is 38.0 Å². The number of hydrogen-bond donors (Lipinski definition) is 1. The topological polar surface area (TPSA) is 69.3 Å². The monoisotopic (exact) mass is 340 g/mol. The molecule has 0 bridgehead atoms. The van der Waals surface area contributed by atoms with Crippen molar-refractivity contribution in [3.05, 3.63) is 17.5 Å². The van der Waals surface area contributed by atoms with E-state index in [0.29, 0.717) is 19.6 Å². The summed E-state index contributed by atoms with van der Waals surface area (Å²) < 4.78 is 27.1. The average molecular weight is 340 g/mol. The number of sulfonamides is 1. The van der Waals surface area contributed by atoms with E-state index in [4.69, 9.17) is 0 Å². The fourth-order valence-corrected chi connectivity index (χ4v) is 5.65. The Balaban J connectivity index is 1.66. The third kappa shape index (κ3) is 3.46. The molecule has 7 heteroatoms. The second kappa shape index (κ2) is 6.18. The predicted molar refractivity (Wildman–Crippen MR) is 90.7 cm³/mol. The first-order valence-electron chi connectivity index (χ1n) is 8.52. The molecule has 0 saturated carbocycles. The molecule has 3 heterocycles. The number of aromatic amines is 1. The lowest BCUT2D eigenvalue weighted by atomic mass is 9.89. The molecule has 2 saturated heterocycles. The van der Waals surface area contributed by atoms with Crippen LogP contribution >= 0.6 is 0 Å². The number of H-pyrrole nitrogens is 1. The van der Waals surface area contributed by atoms with Gasteiger partial charge in [-0.05, 0) is 25.8 Å². The lowest BCUT2D eigenvalue weighted by Crippen LogP contribution is -2.38. The Labute approximate surface area is 139 Å². The van der Waals surface area contributed by atoms with Crippen LogP contribution in [0.1, 0.15) is 51.3 Å². The van der Waals surface area contributed by atoms with Crippen molar-refractivity contribution in [2.45, 2.75) is 57.2 Å². The smallest absolute Gasteiger partial charge is 0.218 e. The lowest BCUT2D eigenvalue weighted by Gasteiger charge is -2.23.